The van der Waals surface area contributed by atoms with Crippen molar-refractivity contribution >= 4 is 16.9 Å². The summed E-state index contributed by atoms with van der Waals surface area (Å²) in [5.74, 6) is -1.28. The van der Waals surface area contributed by atoms with Crippen molar-refractivity contribution in [3.63, 3.8) is 0 Å². The third kappa shape index (κ3) is 1.63. The van der Waals surface area contributed by atoms with Gasteiger partial charge in [-0.05, 0) is 19.1 Å². The van der Waals surface area contributed by atoms with Gasteiger partial charge in [0.1, 0.15) is 11.6 Å². The van der Waals surface area contributed by atoms with Gasteiger partial charge in [-0.3, -0.25) is 0 Å². The van der Waals surface area contributed by atoms with Gasteiger partial charge in [-0.15, -0.1) is 0 Å². The molecular weight excluding hydrogens is 199 g/mol. The smallest absolute Gasteiger partial charge is 0.355 e. The van der Waals surface area contributed by atoms with Gasteiger partial charge in [0.25, 0.3) is 0 Å². The third-order valence-electron chi connectivity index (χ3n) is 1.97. The van der Waals surface area contributed by atoms with Crippen molar-refractivity contribution in [1.82, 2.24) is 9.97 Å². The summed E-state index contributed by atoms with van der Waals surface area (Å²) in [6.45, 7) is 1.57. The van der Waals surface area contributed by atoms with E-state index in [1.165, 1.54) is 18.2 Å². The van der Waals surface area contributed by atoms with Crippen LogP contribution in [-0.2, 0) is 0 Å². The highest BCUT2D eigenvalue weighted by atomic mass is 19.1. The summed E-state index contributed by atoms with van der Waals surface area (Å²) in [4.78, 5) is 18.6. The molecule has 0 saturated heterocycles. The van der Waals surface area contributed by atoms with Gasteiger partial charge in [0.2, 0.25) is 0 Å². The zero-order valence-corrected chi connectivity index (χ0v) is 7.86. The SMILES string of the molecule is Cc1nc(C(=O)O)c2ccc(F)cc2n1. The standard InChI is InChI=1S/C10H7FN2O2/c1-5-12-8-4-6(11)2-3-7(8)9(13-5)10(14)15/h2-4H,1H3,(H,14,15). The molecule has 4 nitrogen and oxygen atoms in total. The second kappa shape index (κ2) is 3.27. The Morgan fingerprint density at radius 1 is 1.40 bits per heavy atom. The van der Waals surface area contributed by atoms with Crippen LogP contribution in [0, 0.1) is 12.7 Å². The maximum atomic E-state index is 12.9. The lowest BCUT2D eigenvalue weighted by atomic mass is 10.2. The van der Waals surface area contributed by atoms with E-state index in [2.05, 4.69) is 9.97 Å². The molecule has 76 valence electrons. The molecule has 1 aromatic heterocycles. The van der Waals surface area contributed by atoms with Gasteiger partial charge in [-0.25, -0.2) is 19.2 Å². The Balaban J connectivity index is 2.86. The summed E-state index contributed by atoms with van der Waals surface area (Å²) in [5, 5.41) is 9.23. The molecule has 2 rings (SSSR count). The van der Waals surface area contributed by atoms with Gasteiger partial charge in [0, 0.05) is 11.5 Å². The molecule has 0 amide bonds. The first-order valence-electron chi connectivity index (χ1n) is 4.25. The van der Waals surface area contributed by atoms with E-state index in [0.29, 0.717) is 16.7 Å². The van der Waals surface area contributed by atoms with Crippen LogP contribution in [0.1, 0.15) is 16.3 Å². The van der Waals surface area contributed by atoms with Crippen LogP contribution >= 0.6 is 0 Å². The minimum Gasteiger partial charge on any atom is -0.476 e. The predicted octanol–water partition coefficient (Wildman–Crippen LogP) is 1.78. The average Bonchev–Trinajstić information content (AvgIpc) is 2.15. The molecule has 2 aromatic rings. The number of hydrogen-bond donors (Lipinski definition) is 1. The number of nitrogens with zero attached hydrogens (tertiary/aromatic N) is 2. The van der Waals surface area contributed by atoms with E-state index in [1.807, 2.05) is 0 Å². The van der Waals surface area contributed by atoms with Gasteiger partial charge < -0.3 is 5.11 Å². The van der Waals surface area contributed by atoms with Crippen molar-refractivity contribution in [3.8, 4) is 0 Å². The van der Waals surface area contributed by atoms with Crippen LogP contribution in [0.5, 0.6) is 0 Å². The van der Waals surface area contributed by atoms with Gasteiger partial charge in [-0.1, -0.05) is 0 Å². The topological polar surface area (TPSA) is 63.1 Å². The number of rotatable bonds is 1. The van der Waals surface area contributed by atoms with Gasteiger partial charge in [0.15, 0.2) is 5.69 Å². The zero-order chi connectivity index (χ0) is 11.0. The highest BCUT2D eigenvalue weighted by Crippen LogP contribution is 2.16. The molecule has 0 radical (unpaired) electrons. The third-order valence-corrected chi connectivity index (χ3v) is 1.97. The van der Waals surface area contributed by atoms with Crippen molar-refractivity contribution in [1.29, 1.82) is 0 Å². The van der Waals surface area contributed by atoms with Crippen LogP contribution in [0.2, 0.25) is 0 Å². The number of aryl methyl sites for hydroxylation is 1. The molecular formula is C10H7FN2O2. The molecule has 0 aliphatic heterocycles. The maximum absolute atomic E-state index is 12.9. The molecule has 0 aliphatic rings. The summed E-state index contributed by atoms with van der Waals surface area (Å²) < 4.78 is 12.9. The van der Waals surface area contributed by atoms with Crippen LogP contribution in [0.3, 0.4) is 0 Å². The number of hydrogen-bond acceptors (Lipinski definition) is 3. The summed E-state index contributed by atoms with van der Waals surface area (Å²) in [6, 6.07) is 3.75. The number of carbonyl (C=O) groups is 1. The number of carboxylic acid groups (broad SMARTS) is 1. The number of halogens is 1. The fourth-order valence-corrected chi connectivity index (χ4v) is 1.38. The lowest BCUT2D eigenvalue weighted by Crippen LogP contribution is -2.04. The summed E-state index contributed by atoms with van der Waals surface area (Å²) in [6.07, 6.45) is 0. The van der Waals surface area contributed by atoms with E-state index in [9.17, 15) is 9.18 Å². The first-order valence-corrected chi connectivity index (χ1v) is 4.25. The Labute approximate surface area is 84.4 Å². The second-order valence-electron chi connectivity index (χ2n) is 3.09. The van der Waals surface area contributed by atoms with E-state index in [1.54, 1.807) is 6.92 Å². The largest absolute Gasteiger partial charge is 0.476 e. The lowest BCUT2D eigenvalue weighted by Gasteiger charge is -2.02. The van der Waals surface area contributed by atoms with E-state index in [-0.39, 0.29) is 5.69 Å². The van der Waals surface area contributed by atoms with Crippen LogP contribution in [0.15, 0.2) is 18.2 Å². The molecule has 5 heteroatoms. The molecule has 0 unspecified atom stereocenters. The number of carboxylic acids is 1. The maximum Gasteiger partial charge on any atom is 0.355 e. The molecule has 0 spiro atoms. The van der Waals surface area contributed by atoms with Crippen LogP contribution < -0.4 is 0 Å². The van der Waals surface area contributed by atoms with E-state index >= 15 is 0 Å². The summed E-state index contributed by atoms with van der Waals surface area (Å²) in [7, 11) is 0. The van der Waals surface area contributed by atoms with Crippen LogP contribution in [-0.4, -0.2) is 21.0 Å². The molecule has 15 heavy (non-hydrogen) atoms. The van der Waals surface area contributed by atoms with Crippen molar-refractivity contribution in [2.75, 3.05) is 0 Å². The van der Waals surface area contributed by atoms with Gasteiger partial charge in [0.05, 0.1) is 5.52 Å². The highest BCUT2D eigenvalue weighted by molar-refractivity contribution is 6.00. The first kappa shape index (κ1) is 9.51. The minimum absolute atomic E-state index is 0.0995. The van der Waals surface area contributed by atoms with Crippen LogP contribution in [0.25, 0.3) is 10.9 Å². The molecule has 1 heterocycles. The number of fused-ring (bicyclic) bond motifs is 1. The van der Waals surface area contributed by atoms with Gasteiger partial charge in [-0.2, -0.15) is 0 Å². The Hall–Kier alpha value is -2.04. The van der Waals surface area contributed by atoms with Crippen molar-refractivity contribution < 1.29 is 14.3 Å². The first-order chi connectivity index (χ1) is 7.08. The Morgan fingerprint density at radius 3 is 2.80 bits per heavy atom. The fraction of sp³-hybridized carbons (Fsp3) is 0.100. The molecule has 0 fully saturated rings. The molecule has 1 aromatic carbocycles. The number of benzene rings is 1. The predicted molar refractivity (Wildman–Crippen MR) is 51.2 cm³/mol. The monoisotopic (exact) mass is 206 g/mol. The van der Waals surface area contributed by atoms with Crippen molar-refractivity contribution in [2.45, 2.75) is 6.92 Å². The van der Waals surface area contributed by atoms with Crippen LogP contribution in [0.4, 0.5) is 4.39 Å². The Kier molecular flexibility index (Phi) is 2.07. The zero-order valence-electron chi connectivity index (χ0n) is 7.86. The molecule has 0 atom stereocenters. The highest BCUT2D eigenvalue weighted by Gasteiger charge is 2.12. The van der Waals surface area contributed by atoms with E-state index < -0.39 is 11.8 Å². The second-order valence-corrected chi connectivity index (χ2v) is 3.09. The summed E-state index contributed by atoms with van der Waals surface area (Å²) >= 11 is 0. The van der Waals surface area contributed by atoms with Crippen molar-refractivity contribution in [2.24, 2.45) is 0 Å². The normalized spacial score (nSPS) is 10.5. The number of aromatic carboxylic acids is 1. The van der Waals surface area contributed by atoms with Crippen molar-refractivity contribution in [3.05, 3.63) is 35.5 Å². The summed E-state index contributed by atoms with van der Waals surface area (Å²) in [5.41, 5.74) is 0.206. The van der Waals surface area contributed by atoms with Gasteiger partial charge >= 0.3 is 5.97 Å². The Bertz CT molecular complexity index is 549. The fourth-order valence-electron chi connectivity index (χ4n) is 1.38. The quantitative estimate of drug-likeness (QED) is 0.772. The minimum atomic E-state index is -1.14. The average molecular weight is 206 g/mol. The molecule has 1 N–H and O–H groups in total. The van der Waals surface area contributed by atoms with E-state index in [4.69, 9.17) is 5.11 Å². The Morgan fingerprint density at radius 2 is 2.13 bits per heavy atom. The molecule has 0 saturated carbocycles. The molecule has 0 aliphatic carbocycles. The van der Waals surface area contributed by atoms with E-state index in [0.717, 1.165) is 0 Å². The molecule has 0 bridgehead atoms. The lowest BCUT2D eigenvalue weighted by molar-refractivity contribution is 0.0692. The number of aromatic nitrogens is 2.